The Bertz CT molecular complexity index is 1560. The molecule has 12 heteroatoms. The van der Waals surface area contributed by atoms with Gasteiger partial charge in [-0.1, -0.05) is 0 Å². The Labute approximate surface area is 223 Å². The van der Waals surface area contributed by atoms with E-state index in [0.717, 1.165) is 5.56 Å². The second-order valence-corrected chi connectivity index (χ2v) is 9.60. The van der Waals surface area contributed by atoms with Gasteiger partial charge >= 0.3 is 0 Å². The highest BCUT2D eigenvalue weighted by atomic mass is 32.2. The number of fused-ring (bicyclic) bond motifs is 1. The maximum Gasteiger partial charge on any atom is 0.188 e. The van der Waals surface area contributed by atoms with Gasteiger partial charge in [0.15, 0.2) is 17.2 Å². The second-order valence-electron chi connectivity index (χ2n) is 8.32. The van der Waals surface area contributed by atoms with Crippen molar-refractivity contribution in [3.63, 3.8) is 0 Å². The van der Waals surface area contributed by atoms with Gasteiger partial charge in [0, 0.05) is 54.6 Å². The molecule has 0 N–H and O–H groups in total. The number of anilines is 2. The van der Waals surface area contributed by atoms with Crippen LogP contribution in [-0.4, -0.2) is 61.5 Å². The number of pyridine rings is 2. The highest BCUT2D eigenvalue weighted by Crippen LogP contribution is 2.37. The Balaban J connectivity index is 1.65. The van der Waals surface area contributed by atoms with E-state index in [9.17, 15) is 0 Å². The molecular weight excluding hydrogens is 507 g/mol. The molecule has 0 aliphatic rings. The van der Waals surface area contributed by atoms with Crippen molar-refractivity contribution in [3.05, 3.63) is 79.0 Å². The minimum atomic E-state index is -0.551. The highest BCUT2D eigenvalue weighted by Gasteiger charge is 2.23. The molecule has 1 aromatic carbocycles. The van der Waals surface area contributed by atoms with Crippen molar-refractivity contribution in [2.24, 2.45) is 0 Å². The zero-order valence-corrected chi connectivity index (χ0v) is 22.1. The average Bonchev–Trinajstić information content (AvgIpc) is 3.37. The van der Waals surface area contributed by atoms with E-state index in [1.165, 1.54) is 32.4 Å². The van der Waals surface area contributed by atoms with Crippen molar-refractivity contribution in [2.75, 3.05) is 33.2 Å². The summed E-state index contributed by atoms with van der Waals surface area (Å²) in [5.41, 5.74) is 2.77. The molecular formula is C26H25FN8O2S. The molecule has 4 heterocycles. The van der Waals surface area contributed by atoms with Crippen molar-refractivity contribution in [3.8, 4) is 22.8 Å². The molecule has 0 atom stereocenters. The molecule has 4 aromatic heterocycles. The molecule has 5 rings (SSSR count). The molecule has 0 spiro atoms. The first-order chi connectivity index (χ1) is 18.5. The predicted octanol–water partition coefficient (Wildman–Crippen LogP) is 4.75. The van der Waals surface area contributed by atoms with Crippen LogP contribution in [0.1, 0.15) is 5.82 Å². The van der Waals surface area contributed by atoms with Crippen LogP contribution < -0.4 is 14.4 Å². The molecule has 5 aromatic rings. The van der Waals surface area contributed by atoms with Crippen molar-refractivity contribution >= 4 is 34.8 Å². The Morgan fingerprint density at radius 3 is 2.53 bits per heavy atom. The van der Waals surface area contributed by atoms with Crippen LogP contribution in [0.2, 0.25) is 0 Å². The summed E-state index contributed by atoms with van der Waals surface area (Å²) >= 11 is 1.46. The van der Waals surface area contributed by atoms with Crippen LogP contribution in [0.15, 0.2) is 67.4 Å². The highest BCUT2D eigenvalue weighted by molar-refractivity contribution is 7.95. The first-order valence-electron chi connectivity index (χ1n) is 11.6. The maximum absolute atomic E-state index is 15.7. The zero-order chi connectivity index (χ0) is 26.6. The number of hydrogen-bond donors (Lipinski definition) is 0. The average molecular weight is 533 g/mol. The first kappa shape index (κ1) is 25.4. The lowest BCUT2D eigenvalue weighted by atomic mass is 10.2. The Morgan fingerprint density at radius 1 is 0.974 bits per heavy atom. The summed E-state index contributed by atoms with van der Waals surface area (Å²) in [4.78, 5) is 24.3. The quantitative estimate of drug-likeness (QED) is 0.248. The van der Waals surface area contributed by atoms with E-state index in [0.29, 0.717) is 34.2 Å². The van der Waals surface area contributed by atoms with E-state index >= 15 is 4.39 Å². The van der Waals surface area contributed by atoms with Crippen molar-refractivity contribution in [2.45, 2.75) is 6.54 Å². The third-order valence-electron chi connectivity index (χ3n) is 5.62. The van der Waals surface area contributed by atoms with E-state index in [1.807, 2.05) is 46.8 Å². The van der Waals surface area contributed by atoms with Gasteiger partial charge in [0.2, 0.25) is 0 Å². The van der Waals surface area contributed by atoms with Gasteiger partial charge in [-0.25, -0.2) is 23.6 Å². The fourth-order valence-electron chi connectivity index (χ4n) is 3.84. The lowest BCUT2D eigenvalue weighted by molar-refractivity contribution is 0.374. The fraction of sp³-hybridized carbons (Fsp3) is 0.192. The van der Waals surface area contributed by atoms with Gasteiger partial charge in [0.25, 0.3) is 0 Å². The molecule has 10 nitrogen and oxygen atoms in total. The van der Waals surface area contributed by atoms with Gasteiger partial charge < -0.3 is 14.4 Å². The smallest absolute Gasteiger partial charge is 0.188 e. The summed E-state index contributed by atoms with van der Waals surface area (Å²) in [6.07, 6.45) is 8.63. The lowest BCUT2D eigenvalue weighted by Crippen LogP contribution is -2.22. The number of rotatable bonds is 9. The van der Waals surface area contributed by atoms with E-state index < -0.39 is 5.82 Å². The van der Waals surface area contributed by atoms with Crippen LogP contribution in [0.4, 0.5) is 15.9 Å². The van der Waals surface area contributed by atoms with E-state index in [4.69, 9.17) is 19.4 Å². The molecule has 0 saturated heterocycles. The van der Waals surface area contributed by atoms with E-state index in [1.54, 1.807) is 41.8 Å². The zero-order valence-electron chi connectivity index (χ0n) is 21.2. The van der Waals surface area contributed by atoms with Crippen LogP contribution in [-0.2, 0) is 6.54 Å². The number of imidazole rings is 1. The van der Waals surface area contributed by atoms with Crippen LogP contribution in [0, 0.1) is 5.82 Å². The van der Waals surface area contributed by atoms with Gasteiger partial charge in [0.1, 0.15) is 22.9 Å². The molecule has 0 aliphatic heterocycles. The van der Waals surface area contributed by atoms with Crippen LogP contribution in [0.25, 0.3) is 22.4 Å². The Hall–Kier alpha value is -4.29. The van der Waals surface area contributed by atoms with Gasteiger partial charge in [-0.3, -0.25) is 13.9 Å². The van der Waals surface area contributed by atoms with E-state index in [-0.39, 0.29) is 18.0 Å². The van der Waals surface area contributed by atoms with Crippen molar-refractivity contribution < 1.29 is 13.9 Å². The summed E-state index contributed by atoms with van der Waals surface area (Å²) in [7, 11) is 6.80. The van der Waals surface area contributed by atoms with E-state index in [2.05, 4.69) is 15.0 Å². The molecule has 0 radical (unpaired) electrons. The minimum absolute atomic E-state index is 0.0518. The van der Waals surface area contributed by atoms with Crippen LogP contribution in [0.5, 0.6) is 11.5 Å². The summed E-state index contributed by atoms with van der Waals surface area (Å²) in [5, 5.41) is 0. The largest absolute Gasteiger partial charge is 0.497 e. The topological polar surface area (TPSA) is 94.3 Å². The Kier molecular flexibility index (Phi) is 7.33. The summed E-state index contributed by atoms with van der Waals surface area (Å²) < 4.78 is 30.3. The molecule has 0 amide bonds. The van der Waals surface area contributed by atoms with Crippen molar-refractivity contribution in [1.29, 1.82) is 0 Å². The van der Waals surface area contributed by atoms with Crippen LogP contribution in [0.3, 0.4) is 0 Å². The Morgan fingerprint density at radius 2 is 1.79 bits per heavy atom. The molecule has 0 unspecified atom stereocenters. The molecule has 194 valence electrons. The van der Waals surface area contributed by atoms with Crippen LogP contribution >= 0.6 is 12.1 Å². The number of methoxy groups -OCH3 is 2. The van der Waals surface area contributed by atoms with Gasteiger partial charge in [-0.2, -0.15) is 0 Å². The number of halogens is 1. The SMILES string of the molecule is COc1cc(OC)c(F)c(N(Cc2nccn2SN(C)C)c2ccc3ncc(-c4ccncc4)nc3n2)c1. The van der Waals surface area contributed by atoms with Crippen molar-refractivity contribution in [1.82, 2.24) is 33.2 Å². The molecule has 0 aliphatic carbocycles. The standard InChI is InChI=1S/C26H25FN8O2S/c1-33(2)38-35-12-11-29-24(35)16-34(21-13-18(36-3)14-22(37-4)25(21)27)23-6-5-19-26(32-23)31-20(15-30-19)17-7-9-28-10-8-17/h5-15H,16H2,1-4H3. The first-order valence-corrected chi connectivity index (χ1v) is 12.3. The number of aromatic nitrogens is 6. The van der Waals surface area contributed by atoms with Gasteiger partial charge in [0.05, 0.1) is 38.3 Å². The summed E-state index contributed by atoms with van der Waals surface area (Å²) in [6.45, 7) is 0.205. The molecule has 0 saturated carbocycles. The fourth-order valence-corrected chi connectivity index (χ4v) is 4.50. The third kappa shape index (κ3) is 5.22. The van der Waals surface area contributed by atoms with Gasteiger partial charge in [-0.15, -0.1) is 0 Å². The second kappa shape index (κ2) is 11.0. The number of hydrogen-bond acceptors (Lipinski definition) is 10. The molecule has 0 fully saturated rings. The van der Waals surface area contributed by atoms with Gasteiger partial charge in [-0.05, 0) is 38.4 Å². The normalized spacial score (nSPS) is 11.2. The number of nitrogens with zero attached hydrogens (tertiary/aromatic N) is 8. The molecule has 0 bridgehead atoms. The lowest BCUT2D eigenvalue weighted by Gasteiger charge is -2.26. The number of ether oxygens (including phenoxy) is 2. The number of benzene rings is 1. The molecule has 38 heavy (non-hydrogen) atoms. The maximum atomic E-state index is 15.7. The third-order valence-corrected chi connectivity index (χ3v) is 6.45. The summed E-state index contributed by atoms with van der Waals surface area (Å²) in [6, 6.07) is 10.4. The minimum Gasteiger partial charge on any atom is -0.497 e. The monoisotopic (exact) mass is 532 g/mol. The summed E-state index contributed by atoms with van der Waals surface area (Å²) in [5.74, 6) is 1.08. The predicted molar refractivity (Wildman–Crippen MR) is 145 cm³/mol.